The number of hydrogen-bond acceptors (Lipinski definition) is 4. The molecule has 6 aromatic heterocycles. The van der Waals surface area contributed by atoms with E-state index < -0.39 is 0 Å². The molecule has 10 aromatic rings. The van der Waals surface area contributed by atoms with Gasteiger partial charge in [0.25, 0.3) is 0 Å². The van der Waals surface area contributed by atoms with Gasteiger partial charge in [0.15, 0.2) is 0 Å². The van der Waals surface area contributed by atoms with Crippen LogP contribution in [-0.2, 0) is 0 Å². The first-order chi connectivity index (χ1) is 28.2. The SMILES string of the molecule is CC1CC(c2ccccc2-c2ccncc2)=Cc2c1n(-c1cccc(-n3c4ccncc4c4cc(-c5ccccc5-c5ccncc5)ccc43)c1)c1ccncc21. The Morgan fingerprint density at radius 1 is 0.456 bits per heavy atom. The Morgan fingerprint density at radius 3 is 1.68 bits per heavy atom. The van der Waals surface area contributed by atoms with E-state index in [0.717, 1.165) is 56.2 Å². The van der Waals surface area contributed by atoms with Crippen LogP contribution < -0.4 is 0 Å². The van der Waals surface area contributed by atoms with Gasteiger partial charge in [-0.2, -0.15) is 0 Å². The average Bonchev–Trinajstić information content (AvgIpc) is 3.80. The molecule has 0 fully saturated rings. The van der Waals surface area contributed by atoms with Gasteiger partial charge < -0.3 is 9.13 Å². The van der Waals surface area contributed by atoms with Crippen LogP contribution in [-0.4, -0.2) is 29.1 Å². The summed E-state index contributed by atoms with van der Waals surface area (Å²) in [4.78, 5) is 17.8. The minimum Gasteiger partial charge on any atom is -0.313 e. The summed E-state index contributed by atoms with van der Waals surface area (Å²) in [7, 11) is 0. The second-order valence-corrected chi connectivity index (χ2v) is 14.8. The summed E-state index contributed by atoms with van der Waals surface area (Å²) in [5.74, 6) is 0.259. The molecular weight excluding hydrogens is 697 g/mol. The summed E-state index contributed by atoms with van der Waals surface area (Å²) in [5, 5.41) is 3.44. The summed E-state index contributed by atoms with van der Waals surface area (Å²) in [5.41, 5.74) is 17.8. The molecule has 11 rings (SSSR count). The summed E-state index contributed by atoms with van der Waals surface area (Å²) < 4.78 is 4.84. The third kappa shape index (κ3) is 5.40. The van der Waals surface area contributed by atoms with Crippen molar-refractivity contribution in [3.8, 4) is 44.8 Å². The van der Waals surface area contributed by atoms with E-state index in [1.165, 1.54) is 50.0 Å². The van der Waals surface area contributed by atoms with E-state index in [1.807, 2.05) is 49.6 Å². The predicted molar refractivity (Wildman–Crippen MR) is 232 cm³/mol. The number of nitrogens with zero attached hydrogens (tertiary/aromatic N) is 6. The Morgan fingerprint density at radius 2 is 1.00 bits per heavy atom. The van der Waals surface area contributed by atoms with Crippen LogP contribution in [0.3, 0.4) is 0 Å². The Kier molecular flexibility index (Phi) is 7.74. The van der Waals surface area contributed by atoms with Crippen molar-refractivity contribution in [2.45, 2.75) is 19.3 Å². The zero-order valence-electron chi connectivity index (χ0n) is 31.3. The minimum absolute atomic E-state index is 0.259. The summed E-state index contributed by atoms with van der Waals surface area (Å²) in [6.07, 6.45) is 18.6. The Hall–Kier alpha value is -7.44. The smallest absolute Gasteiger partial charge is 0.0571 e. The molecule has 0 spiro atoms. The van der Waals surface area contributed by atoms with Crippen molar-refractivity contribution in [2.75, 3.05) is 0 Å². The largest absolute Gasteiger partial charge is 0.313 e. The van der Waals surface area contributed by atoms with Gasteiger partial charge in [0, 0.05) is 94.3 Å². The maximum Gasteiger partial charge on any atom is 0.0571 e. The fourth-order valence-corrected chi connectivity index (χ4v) is 9.09. The molecule has 1 atom stereocenters. The Bertz CT molecular complexity index is 3170. The zero-order valence-corrected chi connectivity index (χ0v) is 31.3. The van der Waals surface area contributed by atoms with Gasteiger partial charge in [-0.05, 0) is 124 Å². The van der Waals surface area contributed by atoms with E-state index in [1.54, 1.807) is 0 Å². The molecule has 6 nitrogen and oxygen atoms in total. The van der Waals surface area contributed by atoms with Crippen molar-refractivity contribution in [1.29, 1.82) is 0 Å². The fraction of sp³-hybridized carbons (Fsp3) is 0.0588. The van der Waals surface area contributed by atoms with Crippen LogP contribution in [0, 0.1) is 0 Å². The lowest BCUT2D eigenvalue weighted by atomic mass is 9.82. The molecule has 0 radical (unpaired) electrons. The highest BCUT2D eigenvalue weighted by atomic mass is 15.0. The monoisotopic (exact) mass is 732 g/mol. The molecule has 6 heteroatoms. The fourth-order valence-electron chi connectivity index (χ4n) is 9.09. The number of benzene rings is 4. The van der Waals surface area contributed by atoms with Gasteiger partial charge in [0.2, 0.25) is 0 Å². The number of rotatable bonds is 6. The molecule has 0 saturated carbocycles. The highest BCUT2D eigenvalue weighted by molar-refractivity contribution is 6.10. The molecule has 0 saturated heterocycles. The van der Waals surface area contributed by atoms with Gasteiger partial charge >= 0.3 is 0 Å². The molecule has 57 heavy (non-hydrogen) atoms. The van der Waals surface area contributed by atoms with Crippen LogP contribution in [0.4, 0.5) is 0 Å². The number of hydrogen-bond donors (Lipinski definition) is 0. The first-order valence-corrected chi connectivity index (χ1v) is 19.4. The van der Waals surface area contributed by atoms with Crippen molar-refractivity contribution >= 4 is 44.4 Å². The number of aromatic nitrogens is 6. The molecular formula is C51H36N6. The van der Waals surface area contributed by atoms with Crippen molar-refractivity contribution in [3.63, 3.8) is 0 Å². The van der Waals surface area contributed by atoms with Gasteiger partial charge in [0.1, 0.15) is 0 Å². The average molecular weight is 733 g/mol. The molecule has 4 aromatic carbocycles. The molecule has 1 aliphatic carbocycles. The van der Waals surface area contributed by atoms with Crippen molar-refractivity contribution in [1.82, 2.24) is 29.1 Å². The van der Waals surface area contributed by atoms with Crippen LogP contribution in [0.5, 0.6) is 0 Å². The summed E-state index contributed by atoms with van der Waals surface area (Å²) >= 11 is 0. The van der Waals surface area contributed by atoms with Crippen molar-refractivity contribution in [2.24, 2.45) is 0 Å². The molecule has 1 aliphatic rings. The first kappa shape index (κ1) is 32.9. The summed E-state index contributed by atoms with van der Waals surface area (Å²) in [6, 6.07) is 45.7. The highest BCUT2D eigenvalue weighted by Crippen LogP contribution is 2.46. The second kappa shape index (κ2) is 13.4. The lowest BCUT2D eigenvalue weighted by molar-refractivity contribution is 0.733. The van der Waals surface area contributed by atoms with Crippen LogP contribution in [0.25, 0.3) is 89.1 Å². The lowest BCUT2D eigenvalue weighted by Gasteiger charge is -2.25. The third-order valence-electron chi connectivity index (χ3n) is 11.6. The molecule has 0 bridgehead atoms. The van der Waals surface area contributed by atoms with Gasteiger partial charge in [-0.25, -0.2) is 0 Å². The van der Waals surface area contributed by atoms with E-state index in [2.05, 4.69) is 169 Å². The van der Waals surface area contributed by atoms with Crippen LogP contribution in [0.2, 0.25) is 0 Å². The van der Waals surface area contributed by atoms with Gasteiger partial charge in [-0.15, -0.1) is 0 Å². The minimum atomic E-state index is 0.259. The van der Waals surface area contributed by atoms with Crippen LogP contribution in [0.15, 0.2) is 177 Å². The standard InChI is InChI=1S/C51H36N6/c1-33-27-37(43-12-5-3-10-41(43)35-17-23-53-24-18-35)29-45-47-32-55-26-20-50(47)57(51(33)45)39-8-6-7-38(30-39)56-48-14-13-36(28-44(48)46-31-54-25-19-49(46)56)42-11-4-2-9-40(42)34-15-21-52-22-16-34/h2-26,28-33H,27H2,1H3. The molecule has 0 amide bonds. The topological polar surface area (TPSA) is 61.4 Å². The third-order valence-corrected chi connectivity index (χ3v) is 11.6. The first-order valence-electron chi connectivity index (χ1n) is 19.4. The zero-order chi connectivity index (χ0) is 37.9. The second-order valence-electron chi connectivity index (χ2n) is 14.8. The highest BCUT2D eigenvalue weighted by Gasteiger charge is 2.28. The summed E-state index contributed by atoms with van der Waals surface area (Å²) in [6.45, 7) is 2.36. The van der Waals surface area contributed by atoms with Crippen LogP contribution >= 0.6 is 0 Å². The maximum atomic E-state index is 4.63. The van der Waals surface area contributed by atoms with Gasteiger partial charge in [-0.3, -0.25) is 19.9 Å². The normalized spacial score (nSPS) is 13.9. The van der Waals surface area contributed by atoms with E-state index in [9.17, 15) is 0 Å². The van der Waals surface area contributed by atoms with Crippen molar-refractivity contribution in [3.05, 3.63) is 194 Å². The van der Waals surface area contributed by atoms with Crippen molar-refractivity contribution < 1.29 is 0 Å². The van der Waals surface area contributed by atoms with Gasteiger partial charge in [0.05, 0.1) is 16.6 Å². The molecule has 1 unspecified atom stereocenters. The number of pyridine rings is 4. The van der Waals surface area contributed by atoms with E-state index in [0.29, 0.717) is 0 Å². The van der Waals surface area contributed by atoms with Gasteiger partial charge in [-0.1, -0.05) is 67.6 Å². The maximum absolute atomic E-state index is 4.63. The Labute approximate surface area is 330 Å². The number of allylic oxidation sites excluding steroid dienone is 1. The lowest BCUT2D eigenvalue weighted by Crippen LogP contribution is -2.10. The van der Waals surface area contributed by atoms with Crippen LogP contribution in [0.1, 0.15) is 36.1 Å². The molecule has 0 aliphatic heterocycles. The van der Waals surface area contributed by atoms with E-state index in [4.69, 9.17) is 0 Å². The van der Waals surface area contributed by atoms with E-state index >= 15 is 0 Å². The quantitative estimate of drug-likeness (QED) is 0.171. The van der Waals surface area contributed by atoms with E-state index in [-0.39, 0.29) is 5.92 Å². The Balaban J connectivity index is 1.06. The predicted octanol–water partition coefficient (Wildman–Crippen LogP) is 12.4. The molecule has 0 N–H and O–H groups in total. The number of fused-ring (bicyclic) bond motifs is 6. The molecule has 270 valence electrons. The molecule has 6 heterocycles.